The molecule has 1 saturated carbocycles. The molecule has 0 spiro atoms. The Labute approximate surface area is 110 Å². The van der Waals surface area contributed by atoms with E-state index in [0.717, 1.165) is 25.7 Å². The van der Waals surface area contributed by atoms with Crippen molar-refractivity contribution in [3.8, 4) is 0 Å². The maximum Gasteiger partial charge on any atom is 0.308 e. The van der Waals surface area contributed by atoms with E-state index in [2.05, 4.69) is 0 Å². The van der Waals surface area contributed by atoms with Crippen molar-refractivity contribution in [2.75, 3.05) is 12.9 Å². The molecule has 0 aromatic heterocycles. The van der Waals surface area contributed by atoms with E-state index in [1.54, 1.807) is 20.8 Å². The zero-order valence-electron chi connectivity index (χ0n) is 11.7. The topological polar surface area (TPSA) is 60.4 Å². The Morgan fingerprint density at radius 1 is 1.17 bits per heavy atom. The summed E-state index contributed by atoms with van der Waals surface area (Å²) in [7, 11) is -1.66. The molecule has 106 valence electrons. The monoisotopic (exact) mass is 276 g/mol. The number of esters is 1. The first kappa shape index (κ1) is 15.5. The minimum atomic E-state index is -3.06. The van der Waals surface area contributed by atoms with Crippen LogP contribution in [0.15, 0.2) is 0 Å². The fraction of sp³-hybridized carbons (Fsp3) is 0.923. The van der Waals surface area contributed by atoms with Gasteiger partial charge in [-0.25, -0.2) is 8.42 Å². The lowest BCUT2D eigenvalue weighted by molar-refractivity contribution is -0.146. The summed E-state index contributed by atoms with van der Waals surface area (Å²) >= 11 is 0. The van der Waals surface area contributed by atoms with Crippen molar-refractivity contribution in [1.29, 1.82) is 0 Å². The summed E-state index contributed by atoms with van der Waals surface area (Å²) in [5.41, 5.74) is 0. The van der Waals surface area contributed by atoms with E-state index in [-0.39, 0.29) is 23.6 Å². The van der Waals surface area contributed by atoms with E-state index in [0.29, 0.717) is 0 Å². The molecule has 0 aromatic carbocycles. The third-order valence-corrected chi connectivity index (χ3v) is 6.55. The molecule has 0 aliphatic heterocycles. The Balaban J connectivity index is 2.53. The average molecular weight is 276 g/mol. The van der Waals surface area contributed by atoms with Crippen LogP contribution in [-0.4, -0.2) is 32.0 Å². The van der Waals surface area contributed by atoms with Gasteiger partial charge in [-0.3, -0.25) is 4.79 Å². The fourth-order valence-corrected chi connectivity index (χ4v) is 3.75. The molecule has 0 atom stereocenters. The van der Waals surface area contributed by atoms with Crippen molar-refractivity contribution in [1.82, 2.24) is 0 Å². The van der Waals surface area contributed by atoms with Gasteiger partial charge in [-0.2, -0.15) is 0 Å². The largest absolute Gasteiger partial charge is 0.469 e. The lowest BCUT2D eigenvalue weighted by Crippen LogP contribution is -2.35. The highest BCUT2D eigenvalue weighted by atomic mass is 32.2. The number of ether oxygens (including phenoxy) is 1. The number of hydrogen-bond donors (Lipinski definition) is 0. The summed E-state index contributed by atoms with van der Waals surface area (Å²) in [4.78, 5) is 11.4. The molecule has 1 rings (SSSR count). The van der Waals surface area contributed by atoms with Gasteiger partial charge in [0, 0.05) is 0 Å². The molecule has 1 aliphatic carbocycles. The van der Waals surface area contributed by atoms with Crippen LogP contribution in [0.4, 0.5) is 0 Å². The molecule has 0 heterocycles. The van der Waals surface area contributed by atoms with Gasteiger partial charge in [-0.15, -0.1) is 0 Å². The quantitative estimate of drug-likeness (QED) is 0.741. The number of sulfone groups is 1. The molecule has 0 aromatic rings. The van der Waals surface area contributed by atoms with Crippen LogP contribution < -0.4 is 0 Å². The second kappa shape index (κ2) is 5.59. The Morgan fingerprint density at radius 2 is 1.67 bits per heavy atom. The second-order valence-corrected chi connectivity index (χ2v) is 8.92. The lowest BCUT2D eigenvalue weighted by Gasteiger charge is -2.29. The minimum absolute atomic E-state index is 0.0383. The van der Waals surface area contributed by atoms with Gasteiger partial charge in [0.2, 0.25) is 0 Å². The van der Waals surface area contributed by atoms with Gasteiger partial charge >= 0.3 is 5.97 Å². The summed E-state index contributed by atoms with van der Waals surface area (Å²) in [6.45, 7) is 5.22. The molecular formula is C13H24O4S. The zero-order chi connectivity index (χ0) is 14.0. The molecule has 0 radical (unpaired) electrons. The van der Waals surface area contributed by atoms with E-state index < -0.39 is 14.6 Å². The number of carbonyl (C=O) groups is 1. The third kappa shape index (κ3) is 3.70. The SMILES string of the molecule is COC(=O)C1CCC(CS(=O)(=O)C(C)(C)C)CC1. The van der Waals surface area contributed by atoms with Crippen molar-refractivity contribution < 1.29 is 17.9 Å². The summed E-state index contributed by atoms with van der Waals surface area (Å²) < 4.78 is 28.2. The van der Waals surface area contributed by atoms with Crippen LogP contribution >= 0.6 is 0 Å². The van der Waals surface area contributed by atoms with Gasteiger partial charge in [-0.1, -0.05) is 0 Å². The van der Waals surface area contributed by atoms with E-state index in [9.17, 15) is 13.2 Å². The molecule has 0 unspecified atom stereocenters. The second-order valence-electron chi connectivity index (χ2n) is 6.13. The summed E-state index contributed by atoms with van der Waals surface area (Å²) in [6.07, 6.45) is 3.10. The van der Waals surface area contributed by atoms with Crippen LogP contribution in [0.25, 0.3) is 0 Å². The summed E-state index contributed by atoms with van der Waals surface area (Å²) in [5, 5.41) is 0. The Morgan fingerprint density at radius 3 is 2.06 bits per heavy atom. The normalized spacial score (nSPS) is 25.8. The molecule has 0 amide bonds. The average Bonchev–Trinajstić information content (AvgIpc) is 2.27. The first-order chi connectivity index (χ1) is 8.17. The molecule has 0 saturated heterocycles. The predicted octanol–water partition coefficient (Wildman–Crippen LogP) is 2.18. The van der Waals surface area contributed by atoms with E-state index in [4.69, 9.17) is 4.74 Å². The van der Waals surface area contributed by atoms with Gasteiger partial charge in [0.05, 0.1) is 23.5 Å². The highest BCUT2D eigenvalue weighted by Crippen LogP contribution is 2.32. The minimum Gasteiger partial charge on any atom is -0.469 e. The Bertz CT molecular complexity index is 384. The van der Waals surface area contributed by atoms with Crippen LogP contribution in [-0.2, 0) is 19.4 Å². The molecule has 4 nitrogen and oxygen atoms in total. The molecule has 5 heteroatoms. The van der Waals surface area contributed by atoms with E-state index >= 15 is 0 Å². The first-order valence-electron chi connectivity index (χ1n) is 6.47. The molecule has 0 N–H and O–H groups in total. The predicted molar refractivity (Wildman–Crippen MR) is 71.0 cm³/mol. The van der Waals surface area contributed by atoms with Crippen molar-refractivity contribution in [3.63, 3.8) is 0 Å². The van der Waals surface area contributed by atoms with Crippen LogP contribution in [0.2, 0.25) is 0 Å². The number of rotatable bonds is 3. The maximum atomic E-state index is 12.1. The van der Waals surface area contributed by atoms with Gasteiger partial charge in [0.15, 0.2) is 9.84 Å². The Kier molecular flexibility index (Phi) is 4.81. The highest BCUT2D eigenvalue weighted by molar-refractivity contribution is 7.92. The van der Waals surface area contributed by atoms with Crippen LogP contribution in [0.5, 0.6) is 0 Å². The third-order valence-electron chi connectivity index (χ3n) is 3.77. The van der Waals surface area contributed by atoms with Crippen molar-refractivity contribution in [3.05, 3.63) is 0 Å². The Hall–Kier alpha value is -0.580. The van der Waals surface area contributed by atoms with Crippen molar-refractivity contribution in [2.45, 2.75) is 51.2 Å². The van der Waals surface area contributed by atoms with Crippen LogP contribution in [0.1, 0.15) is 46.5 Å². The van der Waals surface area contributed by atoms with Crippen LogP contribution in [0, 0.1) is 11.8 Å². The number of methoxy groups -OCH3 is 1. The smallest absolute Gasteiger partial charge is 0.308 e. The molecule has 1 aliphatic rings. The molecule has 0 bridgehead atoms. The zero-order valence-corrected chi connectivity index (χ0v) is 12.5. The van der Waals surface area contributed by atoms with Crippen molar-refractivity contribution >= 4 is 15.8 Å². The van der Waals surface area contributed by atoms with E-state index in [1.807, 2.05) is 0 Å². The highest BCUT2D eigenvalue weighted by Gasteiger charge is 2.34. The summed E-state index contributed by atoms with van der Waals surface area (Å²) in [5.74, 6) is 0.232. The molecular weight excluding hydrogens is 252 g/mol. The first-order valence-corrected chi connectivity index (χ1v) is 8.12. The lowest BCUT2D eigenvalue weighted by atomic mass is 9.83. The molecule has 1 fully saturated rings. The van der Waals surface area contributed by atoms with Crippen LogP contribution in [0.3, 0.4) is 0 Å². The molecule has 18 heavy (non-hydrogen) atoms. The van der Waals surface area contributed by atoms with Gasteiger partial charge in [0.25, 0.3) is 0 Å². The number of hydrogen-bond acceptors (Lipinski definition) is 4. The number of carbonyl (C=O) groups excluding carboxylic acids is 1. The standard InChI is InChI=1S/C13H24O4S/c1-13(2,3)18(15,16)9-10-5-7-11(8-6-10)12(14)17-4/h10-11H,5-9H2,1-4H3. The maximum absolute atomic E-state index is 12.1. The summed E-state index contributed by atoms with van der Waals surface area (Å²) in [6, 6.07) is 0. The fourth-order valence-electron chi connectivity index (χ4n) is 2.29. The van der Waals surface area contributed by atoms with Crippen molar-refractivity contribution in [2.24, 2.45) is 11.8 Å². The van der Waals surface area contributed by atoms with Gasteiger partial charge in [0.1, 0.15) is 0 Å². The van der Waals surface area contributed by atoms with Gasteiger partial charge in [-0.05, 0) is 52.4 Å². The van der Waals surface area contributed by atoms with Gasteiger partial charge < -0.3 is 4.74 Å². The van der Waals surface area contributed by atoms with E-state index in [1.165, 1.54) is 7.11 Å².